The average molecular weight is 426 g/mol. The van der Waals surface area contributed by atoms with Crippen LogP contribution in [0.1, 0.15) is 11.4 Å². The van der Waals surface area contributed by atoms with E-state index in [1.807, 2.05) is 36.4 Å². The van der Waals surface area contributed by atoms with E-state index in [-0.39, 0.29) is 0 Å². The predicted molar refractivity (Wildman–Crippen MR) is 136 cm³/mol. The molecule has 4 aromatic carbocycles. The lowest BCUT2D eigenvalue weighted by molar-refractivity contribution is 0.975. The first-order chi connectivity index (χ1) is 16.3. The first-order valence-corrected chi connectivity index (χ1v) is 11.2. The molecular formula is C30H23N3. The molecule has 0 N–H and O–H groups in total. The molecule has 6 aromatic rings. The molecule has 0 unspecified atom stereocenters. The van der Waals surface area contributed by atoms with E-state index in [4.69, 9.17) is 9.97 Å². The van der Waals surface area contributed by atoms with Gasteiger partial charge in [0, 0.05) is 46.4 Å². The van der Waals surface area contributed by atoms with Gasteiger partial charge in [-0.15, -0.1) is 0 Å². The molecule has 3 nitrogen and oxygen atoms in total. The van der Waals surface area contributed by atoms with Crippen molar-refractivity contribution < 1.29 is 0 Å². The monoisotopic (exact) mass is 425 g/mol. The molecule has 3 heteroatoms. The zero-order chi connectivity index (χ0) is 22.2. The molecule has 6 rings (SSSR count). The van der Waals surface area contributed by atoms with Crippen LogP contribution < -0.4 is 0 Å². The SMILES string of the molecule is Cn1c2ccccc2c2cc(Cc3nc(-c4ccccc4)cc(-c4ccccc4)n3)ccc21. The highest BCUT2D eigenvalue weighted by Gasteiger charge is 2.12. The van der Waals surface area contributed by atoms with E-state index in [0.29, 0.717) is 6.42 Å². The number of rotatable bonds is 4. The maximum atomic E-state index is 4.96. The van der Waals surface area contributed by atoms with E-state index >= 15 is 0 Å². The van der Waals surface area contributed by atoms with E-state index in [9.17, 15) is 0 Å². The van der Waals surface area contributed by atoms with Crippen LogP contribution in [0.5, 0.6) is 0 Å². The van der Waals surface area contributed by atoms with Crippen LogP contribution in [-0.2, 0) is 13.5 Å². The van der Waals surface area contributed by atoms with Crippen LogP contribution in [0.15, 0.2) is 109 Å². The third-order valence-corrected chi connectivity index (χ3v) is 6.25. The lowest BCUT2D eigenvalue weighted by Crippen LogP contribution is -2.01. The van der Waals surface area contributed by atoms with Gasteiger partial charge in [-0.2, -0.15) is 0 Å². The fraction of sp³-hybridized carbons (Fsp3) is 0.0667. The van der Waals surface area contributed by atoms with E-state index in [1.54, 1.807) is 0 Å². The fourth-order valence-corrected chi connectivity index (χ4v) is 4.60. The van der Waals surface area contributed by atoms with Crippen molar-refractivity contribution in [1.29, 1.82) is 0 Å². The van der Waals surface area contributed by atoms with Gasteiger partial charge in [0.05, 0.1) is 11.4 Å². The number of para-hydroxylation sites is 1. The van der Waals surface area contributed by atoms with E-state index < -0.39 is 0 Å². The Morgan fingerprint density at radius 1 is 0.576 bits per heavy atom. The Kier molecular flexibility index (Phi) is 4.73. The second kappa shape index (κ2) is 8.03. The van der Waals surface area contributed by atoms with Crippen LogP contribution >= 0.6 is 0 Å². The molecule has 0 aliphatic rings. The number of hydrogen-bond acceptors (Lipinski definition) is 2. The summed E-state index contributed by atoms with van der Waals surface area (Å²) in [6.45, 7) is 0. The van der Waals surface area contributed by atoms with Crippen molar-refractivity contribution in [2.45, 2.75) is 6.42 Å². The van der Waals surface area contributed by atoms with Crippen molar-refractivity contribution in [3.05, 3.63) is 121 Å². The number of benzene rings is 4. The standard InChI is InChI=1S/C30H23N3/c1-33-28-15-9-8-14-24(28)25-18-21(16-17-29(25)33)19-30-31-26(22-10-4-2-5-11-22)20-27(32-30)23-12-6-3-7-13-23/h2-18,20H,19H2,1H3. The third kappa shape index (κ3) is 3.58. The van der Waals surface area contributed by atoms with Crippen molar-refractivity contribution in [2.75, 3.05) is 0 Å². The molecule has 0 saturated heterocycles. The molecule has 0 saturated carbocycles. The van der Waals surface area contributed by atoms with Crippen molar-refractivity contribution in [3.8, 4) is 22.5 Å². The van der Waals surface area contributed by atoms with E-state index in [2.05, 4.69) is 84.4 Å². The second-order valence-corrected chi connectivity index (χ2v) is 8.39. The lowest BCUT2D eigenvalue weighted by Gasteiger charge is -2.09. The van der Waals surface area contributed by atoms with Gasteiger partial charge in [-0.1, -0.05) is 84.9 Å². The normalized spacial score (nSPS) is 11.3. The number of nitrogens with zero attached hydrogens (tertiary/aromatic N) is 3. The van der Waals surface area contributed by atoms with Gasteiger partial charge >= 0.3 is 0 Å². The van der Waals surface area contributed by atoms with Gasteiger partial charge in [0.1, 0.15) is 5.82 Å². The summed E-state index contributed by atoms with van der Waals surface area (Å²) in [5, 5.41) is 2.55. The zero-order valence-corrected chi connectivity index (χ0v) is 18.4. The molecule has 2 aromatic heterocycles. The average Bonchev–Trinajstić information content (AvgIpc) is 3.16. The van der Waals surface area contributed by atoms with Gasteiger partial charge in [0.25, 0.3) is 0 Å². The summed E-state index contributed by atoms with van der Waals surface area (Å²) < 4.78 is 2.26. The van der Waals surface area contributed by atoms with Gasteiger partial charge in [0.15, 0.2) is 0 Å². The summed E-state index contributed by atoms with van der Waals surface area (Å²) in [4.78, 5) is 9.91. The summed E-state index contributed by atoms with van der Waals surface area (Å²) in [7, 11) is 2.13. The van der Waals surface area contributed by atoms with Crippen molar-refractivity contribution >= 4 is 21.8 Å². The molecule has 0 radical (unpaired) electrons. The molecular weight excluding hydrogens is 402 g/mol. The predicted octanol–water partition coefficient (Wildman–Crippen LogP) is 7.05. The fourth-order valence-electron chi connectivity index (χ4n) is 4.60. The minimum atomic E-state index is 0.680. The highest BCUT2D eigenvalue weighted by atomic mass is 14.9. The number of hydrogen-bond donors (Lipinski definition) is 0. The van der Waals surface area contributed by atoms with E-state index in [0.717, 1.165) is 28.3 Å². The Morgan fingerprint density at radius 2 is 1.15 bits per heavy atom. The molecule has 158 valence electrons. The number of fused-ring (bicyclic) bond motifs is 3. The Balaban J connectivity index is 1.46. The summed E-state index contributed by atoms with van der Waals surface area (Å²) in [6, 6.07) is 38.0. The molecule has 2 heterocycles. The van der Waals surface area contributed by atoms with Crippen LogP contribution in [0.3, 0.4) is 0 Å². The summed E-state index contributed by atoms with van der Waals surface area (Å²) in [5.74, 6) is 0.829. The smallest absolute Gasteiger partial charge is 0.134 e. The van der Waals surface area contributed by atoms with Crippen molar-refractivity contribution in [2.24, 2.45) is 7.05 Å². The van der Waals surface area contributed by atoms with Crippen LogP contribution in [0.2, 0.25) is 0 Å². The summed E-state index contributed by atoms with van der Waals surface area (Å²) >= 11 is 0. The minimum absolute atomic E-state index is 0.680. The number of aromatic nitrogens is 3. The minimum Gasteiger partial charge on any atom is -0.344 e. The molecule has 0 atom stereocenters. The molecule has 33 heavy (non-hydrogen) atoms. The van der Waals surface area contributed by atoms with Crippen LogP contribution in [0.25, 0.3) is 44.3 Å². The van der Waals surface area contributed by atoms with Gasteiger partial charge in [0.2, 0.25) is 0 Å². The zero-order valence-electron chi connectivity index (χ0n) is 18.4. The lowest BCUT2D eigenvalue weighted by atomic mass is 10.0. The van der Waals surface area contributed by atoms with E-state index in [1.165, 1.54) is 27.4 Å². The molecule has 0 spiro atoms. The van der Waals surface area contributed by atoms with Gasteiger partial charge < -0.3 is 4.57 Å². The summed E-state index contributed by atoms with van der Waals surface area (Å²) in [5.41, 5.74) is 7.80. The second-order valence-electron chi connectivity index (χ2n) is 8.39. The van der Waals surface area contributed by atoms with Crippen LogP contribution in [-0.4, -0.2) is 14.5 Å². The Bertz CT molecular complexity index is 1520. The maximum absolute atomic E-state index is 4.96. The highest BCUT2D eigenvalue weighted by Crippen LogP contribution is 2.30. The topological polar surface area (TPSA) is 30.7 Å². The van der Waals surface area contributed by atoms with Crippen LogP contribution in [0.4, 0.5) is 0 Å². The quantitative estimate of drug-likeness (QED) is 0.303. The molecule has 0 bridgehead atoms. The van der Waals surface area contributed by atoms with Gasteiger partial charge in [-0.05, 0) is 29.8 Å². The van der Waals surface area contributed by atoms with Crippen LogP contribution in [0, 0.1) is 0 Å². The highest BCUT2D eigenvalue weighted by molar-refractivity contribution is 6.08. The Labute approximate surface area is 193 Å². The number of aryl methyl sites for hydroxylation is 1. The first-order valence-electron chi connectivity index (χ1n) is 11.2. The molecule has 0 amide bonds. The third-order valence-electron chi connectivity index (χ3n) is 6.25. The Morgan fingerprint density at radius 3 is 1.82 bits per heavy atom. The van der Waals surface area contributed by atoms with Crippen molar-refractivity contribution in [1.82, 2.24) is 14.5 Å². The van der Waals surface area contributed by atoms with Gasteiger partial charge in [-0.25, -0.2) is 9.97 Å². The summed E-state index contributed by atoms with van der Waals surface area (Å²) in [6.07, 6.45) is 0.680. The maximum Gasteiger partial charge on any atom is 0.134 e. The molecule has 0 aliphatic heterocycles. The molecule has 0 fully saturated rings. The first kappa shape index (κ1) is 19.4. The Hall–Kier alpha value is -4.24. The largest absolute Gasteiger partial charge is 0.344 e. The van der Waals surface area contributed by atoms with Gasteiger partial charge in [-0.3, -0.25) is 0 Å². The van der Waals surface area contributed by atoms with Crippen molar-refractivity contribution in [3.63, 3.8) is 0 Å². The molecule has 0 aliphatic carbocycles.